The van der Waals surface area contributed by atoms with E-state index in [4.69, 9.17) is 11.6 Å². The van der Waals surface area contributed by atoms with Crippen LogP contribution in [0.2, 0.25) is 5.02 Å². The topological polar surface area (TPSA) is 32.3 Å². The van der Waals surface area contributed by atoms with Gasteiger partial charge in [-0.2, -0.15) is 0 Å². The zero-order chi connectivity index (χ0) is 14.1. The van der Waals surface area contributed by atoms with Crippen molar-refractivity contribution in [3.63, 3.8) is 0 Å². The second-order valence-electron chi connectivity index (χ2n) is 5.90. The molecule has 0 radical (unpaired) electrons. The van der Waals surface area contributed by atoms with E-state index in [0.717, 1.165) is 42.9 Å². The lowest BCUT2D eigenvalue weighted by molar-refractivity contribution is -0.133. The van der Waals surface area contributed by atoms with Gasteiger partial charge in [-0.3, -0.25) is 4.79 Å². The van der Waals surface area contributed by atoms with Gasteiger partial charge in [-0.1, -0.05) is 29.8 Å². The smallest absolute Gasteiger partial charge is 0.226 e. The van der Waals surface area contributed by atoms with Gasteiger partial charge < -0.3 is 10.2 Å². The Morgan fingerprint density at radius 2 is 2.00 bits per heavy atom. The van der Waals surface area contributed by atoms with Crippen LogP contribution in [0.15, 0.2) is 24.3 Å². The number of hydrogen-bond donors (Lipinski definition) is 1. The molecule has 2 atom stereocenters. The Kier molecular flexibility index (Phi) is 3.99. The largest absolute Gasteiger partial charge is 0.342 e. The molecule has 1 aliphatic heterocycles. The van der Waals surface area contributed by atoms with Crippen molar-refractivity contribution in [2.45, 2.75) is 31.2 Å². The molecule has 108 valence electrons. The Labute approximate surface area is 125 Å². The van der Waals surface area contributed by atoms with Crippen LogP contribution >= 0.6 is 11.6 Å². The summed E-state index contributed by atoms with van der Waals surface area (Å²) in [4.78, 5) is 14.5. The highest BCUT2D eigenvalue weighted by Gasteiger charge is 2.46. The Morgan fingerprint density at radius 1 is 1.30 bits per heavy atom. The van der Waals surface area contributed by atoms with Crippen molar-refractivity contribution in [3.05, 3.63) is 34.9 Å². The van der Waals surface area contributed by atoms with Gasteiger partial charge in [0.25, 0.3) is 0 Å². The minimum absolute atomic E-state index is 0.134. The first-order chi connectivity index (χ1) is 9.68. The summed E-state index contributed by atoms with van der Waals surface area (Å²) in [6.07, 6.45) is 3.06. The number of piperidine rings is 1. The van der Waals surface area contributed by atoms with Gasteiger partial charge in [0.15, 0.2) is 0 Å². The maximum atomic E-state index is 12.6. The first kappa shape index (κ1) is 13.9. The molecule has 1 saturated heterocycles. The average Bonchev–Trinajstić information content (AvgIpc) is 3.27. The highest BCUT2D eigenvalue weighted by Crippen LogP contribution is 2.50. The first-order valence-corrected chi connectivity index (χ1v) is 7.78. The summed E-state index contributed by atoms with van der Waals surface area (Å²) in [6, 6.07) is 8.29. The summed E-state index contributed by atoms with van der Waals surface area (Å²) < 4.78 is 0. The Balaban J connectivity index is 1.63. The predicted octanol–water partition coefficient (Wildman–Crippen LogP) is 2.65. The maximum absolute atomic E-state index is 12.6. The maximum Gasteiger partial charge on any atom is 0.226 e. The van der Waals surface area contributed by atoms with Gasteiger partial charge in [0.05, 0.1) is 0 Å². The van der Waals surface area contributed by atoms with E-state index >= 15 is 0 Å². The van der Waals surface area contributed by atoms with E-state index in [9.17, 15) is 4.79 Å². The van der Waals surface area contributed by atoms with E-state index in [0.29, 0.717) is 17.9 Å². The third-order valence-corrected chi connectivity index (χ3v) is 4.96. The summed E-state index contributed by atoms with van der Waals surface area (Å²) in [5, 5.41) is 4.13. The minimum atomic E-state index is 0.134. The lowest BCUT2D eigenvalue weighted by Crippen LogP contribution is -2.44. The summed E-state index contributed by atoms with van der Waals surface area (Å²) >= 11 is 6.22. The van der Waals surface area contributed by atoms with Crippen molar-refractivity contribution in [1.82, 2.24) is 10.2 Å². The van der Waals surface area contributed by atoms with Gasteiger partial charge in [-0.15, -0.1) is 0 Å². The van der Waals surface area contributed by atoms with Gasteiger partial charge in [0.1, 0.15) is 0 Å². The molecule has 20 heavy (non-hydrogen) atoms. The highest BCUT2D eigenvalue weighted by atomic mass is 35.5. The van der Waals surface area contributed by atoms with Crippen molar-refractivity contribution < 1.29 is 4.79 Å². The minimum Gasteiger partial charge on any atom is -0.342 e. The van der Waals surface area contributed by atoms with E-state index in [1.165, 1.54) is 0 Å². The Bertz CT molecular complexity index is 499. The van der Waals surface area contributed by atoms with Crippen LogP contribution in [0.5, 0.6) is 0 Å². The lowest BCUT2D eigenvalue weighted by atomic mass is 10.0. The molecule has 2 fully saturated rings. The molecular formula is C16H21ClN2O. The highest BCUT2D eigenvalue weighted by molar-refractivity contribution is 6.31. The second-order valence-corrected chi connectivity index (χ2v) is 6.31. The van der Waals surface area contributed by atoms with Crippen LogP contribution in [0.1, 0.15) is 30.7 Å². The molecule has 3 nitrogen and oxygen atoms in total. The van der Waals surface area contributed by atoms with Crippen molar-refractivity contribution in [2.75, 3.05) is 20.1 Å². The third kappa shape index (κ3) is 2.70. The van der Waals surface area contributed by atoms with Crippen LogP contribution in [0.4, 0.5) is 0 Å². The standard InChI is InChI=1S/C16H21ClN2O/c1-19(11-6-8-18-9-7-11)16(20)14-10-13(14)12-4-2-3-5-15(12)17/h2-5,11,13-14,18H,6-10H2,1H3. The van der Waals surface area contributed by atoms with Gasteiger partial charge in [-0.25, -0.2) is 0 Å². The lowest BCUT2D eigenvalue weighted by Gasteiger charge is -2.32. The summed E-state index contributed by atoms with van der Waals surface area (Å²) in [5.41, 5.74) is 1.13. The quantitative estimate of drug-likeness (QED) is 0.929. The molecule has 2 aliphatic rings. The van der Waals surface area contributed by atoms with Crippen molar-refractivity contribution in [3.8, 4) is 0 Å². The zero-order valence-electron chi connectivity index (χ0n) is 11.8. The Hall–Kier alpha value is -1.06. The van der Waals surface area contributed by atoms with Gasteiger partial charge >= 0.3 is 0 Å². The summed E-state index contributed by atoms with van der Waals surface area (Å²) in [5.74, 6) is 0.747. The number of hydrogen-bond acceptors (Lipinski definition) is 2. The number of carbonyl (C=O) groups excluding carboxylic acids is 1. The first-order valence-electron chi connectivity index (χ1n) is 7.40. The monoisotopic (exact) mass is 292 g/mol. The van der Waals surface area contributed by atoms with Crippen LogP contribution in [0, 0.1) is 5.92 Å². The predicted molar refractivity (Wildman–Crippen MR) is 81.0 cm³/mol. The molecule has 1 aromatic carbocycles. The fourth-order valence-corrected chi connectivity index (χ4v) is 3.50. The van der Waals surface area contributed by atoms with Crippen LogP contribution in [0.3, 0.4) is 0 Å². The molecule has 0 aromatic heterocycles. The number of amides is 1. The summed E-state index contributed by atoms with van der Waals surface area (Å²) in [6.45, 7) is 2.03. The van der Waals surface area contributed by atoms with Crippen LogP contribution < -0.4 is 5.32 Å². The Morgan fingerprint density at radius 3 is 2.70 bits per heavy atom. The molecule has 0 bridgehead atoms. The number of nitrogens with zero attached hydrogens (tertiary/aromatic N) is 1. The van der Waals surface area contributed by atoms with Gasteiger partial charge in [0.2, 0.25) is 5.91 Å². The number of nitrogens with one attached hydrogen (secondary N) is 1. The fraction of sp³-hybridized carbons (Fsp3) is 0.562. The normalized spacial score (nSPS) is 26.3. The third-order valence-electron chi connectivity index (χ3n) is 4.62. The van der Waals surface area contributed by atoms with E-state index in [2.05, 4.69) is 5.32 Å². The van der Waals surface area contributed by atoms with E-state index in [1.807, 2.05) is 36.2 Å². The molecular weight excluding hydrogens is 272 g/mol. The molecule has 0 spiro atoms. The number of carbonyl (C=O) groups is 1. The SMILES string of the molecule is CN(C(=O)C1CC1c1ccccc1Cl)C1CCNCC1. The van der Waals surface area contributed by atoms with E-state index in [-0.39, 0.29) is 5.92 Å². The molecule has 2 unspecified atom stereocenters. The molecule has 1 aliphatic carbocycles. The van der Waals surface area contributed by atoms with Gasteiger partial charge in [-0.05, 0) is 49.9 Å². The van der Waals surface area contributed by atoms with Crippen LogP contribution in [-0.2, 0) is 4.79 Å². The molecule has 1 N–H and O–H groups in total. The van der Waals surface area contributed by atoms with E-state index < -0.39 is 0 Å². The zero-order valence-corrected chi connectivity index (χ0v) is 12.6. The molecule has 1 aromatic rings. The second kappa shape index (κ2) is 5.74. The van der Waals surface area contributed by atoms with Crippen molar-refractivity contribution >= 4 is 17.5 Å². The average molecular weight is 293 g/mol. The van der Waals surface area contributed by atoms with Gasteiger partial charge in [0, 0.05) is 24.0 Å². The number of benzene rings is 1. The molecule has 1 heterocycles. The van der Waals surface area contributed by atoms with Crippen LogP contribution in [0.25, 0.3) is 0 Å². The molecule has 3 rings (SSSR count). The fourth-order valence-electron chi connectivity index (χ4n) is 3.22. The number of halogens is 1. The molecule has 1 saturated carbocycles. The van der Waals surface area contributed by atoms with Crippen molar-refractivity contribution in [2.24, 2.45) is 5.92 Å². The van der Waals surface area contributed by atoms with Crippen LogP contribution in [-0.4, -0.2) is 37.0 Å². The molecule has 4 heteroatoms. The van der Waals surface area contributed by atoms with Crippen molar-refractivity contribution in [1.29, 1.82) is 0 Å². The number of rotatable bonds is 3. The van der Waals surface area contributed by atoms with E-state index in [1.54, 1.807) is 0 Å². The summed E-state index contributed by atoms with van der Waals surface area (Å²) in [7, 11) is 1.96. The molecule has 1 amide bonds.